The second-order valence-electron chi connectivity index (χ2n) is 5.05. The van der Waals surface area contributed by atoms with Gasteiger partial charge in [-0.3, -0.25) is 9.48 Å². The van der Waals surface area contributed by atoms with Gasteiger partial charge < -0.3 is 5.32 Å². The van der Waals surface area contributed by atoms with Gasteiger partial charge in [0.15, 0.2) is 0 Å². The average Bonchev–Trinajstić information content (AvgIpc) is 3.28. The summed E-state index contributed by atoms with van der Waals surface area (Å²) in [5.41, 5.74) is 2.15. The Labute approximate surface area is 139 Å². The number of hydrogen-bond acceptors (Lipinski definition) is 3. The summed E-state index contributed by atoms with van der Waals surface area (Å²) in [4.78, 5) is 12.0. The molecular formula is C18H17N3OS. The van der Waals surface area contributed by atoms with Crippen LogP contribution >= 0.6 is 11.3 Å². The molecule has 0 spiro atoms. The summed E-state index contributed by atoms with van der Waals surface area (Å²) in [6.07, 6.45) is 7.02. The SMILES string of the molecule is O=C(/C=C/c1ccccc1)NC[C@@H](c1ccsc1)n1cccn1. The minimum Gasteiger partial charge on any atom is -0.350 e. The van der Waals surface area contributed by atoms with E-state index in [9.17, 15) is 4.79 Å². The van der Waals surface area contributed by atoms with E-state index in [1.807, 2.05) is 58.7 Å². The van der Waals surface area contributed by atoms with Crippen LogP contribution < -0.4 is 5.32 Å². The van der Waals surface area contributed by atoms with E-state index < -0.39 is 0 Å². The highest BCUT2D eigenvalue weighted by atomic mass is 32.1. The minimum atomic E-state index is -0.110. The highest BCUT2D eigenvalue weighted by Gasteiger charge is 2.15. The summed E-state index contributed by atoms with van der Waals surface area (Å²) >= 11 is 1.64. The second kappa shape index (κ2) is 7.56. The van der Waals surface area contributed by atoms with E-state index in [1.54, 1.807) is 23.6 Å². The van der Waals surface area contributed by atoms with E-state index in [4.69, 9.17) is 0 Å². The smallest absolute Gasteiger partial charge is 0.244 e. The van der Waals surface area contributed by atoms with Gasteiger partial charge in [-0.2, -0.15) is 16.4 Å². The summed E-state index contributed by atoms with van der Waals surface area (Å²) in [5, 5.41) is 11.4. The number of thiophene rings is 1. The van der Waals surface area contributed by atoms with Crippen molar-refractivity contribution in [1.29, 1.82) is 0 Å². The van der Waals surface area contributed by atoms with Gasteiger partial charge in [0.1, 0.15) is 0 Å². The van der Waals surface area contributed by atoms with Crippen LogP contribution in [-0.4, -0.2) is 22.2 Å². The lowest BCUT2D eigenvalue weighted by atomic mass is 10.1. The molecule has 0 saturated heterocycles. The van der Waals surface area contributed by atoms with Crippen molar-refractivity contribution in [2.45, 2.75) is 6.04 Å². The van der Waals surface area contributed by atoms with E-state index in [2.05, 4.69) is 21.9 Å². The van der Waals surface area contributed by atoms with Gasteiger partial charge in [-0.05, 0) is 40.1 Å². The summed E-state index contributed by atoms with van der Waals surface area (Å²) in [6, 6.07) is 13.7. The molecule has 0 aliphatic carbocycles. The molecule has 0 radical (unpaired) electrons. The molecule has 1 atom stereocenters. The molecule has 0 aliphatic rings. The number of rotatable bonds is 6. The predicted octanol–water partition coefficient (Wildman–Crippen LogP) is 3.36. The van der Waals surface area contributed by atoms with Crippen LogP contribution in [0.2, 0.25) is 0 Å². The Bertz CT molecular complexity index is 715. The zero-order valence-electron chi connectivity index (χ0n) is 12.5. The van der Waals surface area contributed by atoms with E-state index in [-0.39, 0.29) is 11.9 Å². The first kappa shape index (κ1) is 15.2. The Kier molecular flexibility index (Phi) is 5.01. The van der Waals surface area contributed by atoms with Crippen LogP contribution in [0.15, 0.2) is 71.7 Å². The van der Waals surface area contributed by atoms with Crippen molar-refractivity contribution in [3.05, 3.63) is 82.8 Å². The Morgan fingerprint density at radius 1 is 1.26 bits per heavy atom. The average molecular weight is 323 g/mol. The van der Waals surface area contributed by atoms with Crippen molar-refractivity contribution in [1.82, 2.24) is 15.1 Å². The lowest BCUT2D eigenvalue weighted by Crippen LogP contribution is -2.30. The third kappa shape index (κ3) is 4.17. The van der Waals surface area contributed by atoms with Gasteiger partial charge in [0.25, 0.3) is 0 Å². The highest BCUT2D eigenvalue weighted by Crippen LogP contribution is 2.19. The van der Waals surface area contributed by atoms with E-state index in [1.165, 1.54) is 0 Å². The van der Waals surface area contributed by atoms with Gasteiger partial charge in [-0.25, -0.2) is 0 Å². The number of hydrogen-bond donors (Lipinski definition) is 1. The summed E-state index contributed by atoms with van der Waals surface area (Å²) in [6.45, 7) is 0.496. The van der Waals surface area contributed by atoms with Crippen molar-refractivity contribution in [2.75, 3.05) is 6.54 Å². The fraction of sp³-hybridized carbons (Fsp3) is 0.111. The van der Waals surface area contributed by atoms with Crippen LogP contribution in [0.1, 0.15) is 17.2 Å². The zero-order valence-corrected chi connectivity index (χ0v) is 13.3. The molecule has 0 unspecified atom stereocenters. The van der Waals surface area contributed by atoms with Crippen LogP contribution in [0.3, 0.4) is 0 Å². The first-order valence-corrected chi connectivity index (χ1v) is 8.29. The Hall–Kier alpha value is -2.66. The second-order valence-corrected chi connectivity index (χ2v) is 5.83. The topological polar surface area (TPSA) is 46.9 Å². The fourth-order valence-electron chi connectivity index (χ4n) is 2.29. The van der Waals surface area contributed by atoms with Gasteiger partial charge in [0, 0.05) is 25.0 Å². The summed E-state index contributed by atoms with van der Waals surface area (Å²) in [5.74, 6) is -0.110. The highest BCUT2D eigenvalue weighted by molar-refractivity contribution is 7.07. The first-order chi connectivity index (χ1) is 11.3. The Morgan fingerprint density at radius 3 is 2.83 bits per heavy atom. The van der Waals surface area contributed by atoms with Gasteiger partial charge in [0.2, 0.25) is 5.91 Å². The van der Waals surface area contributed by atoms with Gasteiger partial charge in [-0.1, -0.05) is 30.3 Å². The van der Waals surface area contributed by atoms with E-state index >= 15 is 0 Å². The number of nitrogens with one attached hydrogen (secondary N) is 1. The number of benzene rings is 1. The lowest BCUT2D eigenvalue weighted by molar-refractivity contribution is -0.116. The summed E-state index contributed by atoms with van der Waals surface area (Å²) < 4.78 is 1.86. The van der Waals surface area contributed by atoms with Crippen LogP contribution in [0.4, 0.5) is 0 Å². The molecule has 3 rings (SSSR count). The predicted molar refractivity (Wildman–Crippen MR) is 93.2 cm³/mol. The molecule has 0 bridgehead atoms. The molecule has 4 nitrogen and oxygen atoms in total. The molecule has 23 heavy (non-hydrogen) atoms. The maximum absolute atomic E-state index is 12.0. The van der Waals surface area contributed by atoms with Crippen LogP contribution in [0, 0.1) is 0 Å². The summed E-state index contributed by atoms with van der Waals surface area (Å²) in [7, 11) is 0. The third-order valence-electron chi connectivity index (χ3n) is 3.47. The van der Waals surface area contributed by atoms with Crippen molar-refractivity contribution in [3.8, 4) is 0 Å². The number of amides is 1. The molecule has 5 heteroatoms. The number of aromatic nitrogens is 2. The molecule has 3 aromatic rings. The first-order valence-electron chi connectivity index (χ1n) is 7.35. The standard InChI is InChI=1S/C18H17N3OS/c22-18(8-7-15-5-2-1-3-6-15)19-13-17(16-9-12-23-14-16)21-11-4-10-20-21/h1-12,14,17H,13H2,(H,19,22)/b8-7+/t17-/m0/s1. The van der Waals surface area contributed by atoms with Crippen molar-refractivity contribution in [3.63, 3.8) is 0 Å². The minimum absolute atomic E-state index is 0.00493. The van der Waals surface area contributed by atoms with E-state index in [0.29, 0.717) is 6.54 Å². The molecule has 0 saturated carbocycles. The van der Waals surface area contributed by atoms with Crippen LogP contribution in [0.5, 0.6) is 0 Å². The van der Waals surface area contributed by atoms with Crippen LogP contribution in [0.25, 0.3) is 6.08 Å². The van der Waals surface area contributed by atoms with E-state index in [0.717, 1.165) is 11.1 Å². The molecule has 1 N–H and O–H groups in total. The molecule has 1 amide bonds. The number of carbonyl (C=O) groups excluding carboxylic acids is 1. The van der Waals surface area contributed by atoms with Crippen molar-refractivity contribution < 1.29 is 4.79 Å². The molecule has 116 valence electrons. The molecule has 1 aromatic carbocycles. The molecular weight excluding hydrogens is 306 g/mol. The fourth-order valence-corrected chi connectivity index (χ4v) is 2.99. The maximum Gasteiger partial charge on any atom is 0.244 e. The van der Waals surface area contributed by atoms with Gasteiger partial charge in [0.05, 0.1) is 6.04 Å². The van der Waals surface area contributed by atoms with Crippen molar-refractivity contribution >= 4 is 23.3 Å². The van der Waals surface area contributed by atoms with Crippen molar-refractivity contribution in [2.24, 2.45) is 0 Å². The monoisotopic (exact) mass is 323 g/mol. The normalized spacial score (nSPS) is 12.3. The maximum atomic E-state index is 12.0. The quantitative estimate of drug-likeness (QED) is 0.707. The zero-order chi connectivity index (χ0) is 15.9. The Balaban J connectivity index is 1.63. The van der Waals surface area contributed by atoms with Gasteiger partial charge >= 0.3 is 0 Å². The molecule has 2 aromatic heterocycles. The third-order valence-corrected chi connectivity index (χ3v) is 4.17. The molecule has 0 aliphatic heterocycles. The van der Waals surface area contributed by atoms with Crippen LogP contribution in [-0.2, 0) is 4.79 Å². The number of carbonyl (C=O) groups is 1. The molecule has 0 fully saturated rings. The Morgan fingerprint density at radius 2 is 2.13 bits per heavy atom. The molecule has 2 heterocycles. The van der Waals surface area contributed by atoms with Gasteiger partial charge in [-0.15, -0.1) is 0 Å². The largest absolute Gasteiger partial charge is 0.350 e. The number of nitrogens with zero attached hydrogens (tertiary/aromatic N) is 2. The lowest BCUT2D eigenvalue weighted by Gasteiger charge is -2.16.